The van der Waals surface area contributed by atoms with Crippen LogP contribution in [0.5, 0.6) is 0 Å². The average Bonchev–Trinajstić information content (AvgIpc) is 3.42. The van der Waals surface area contributed by atoms with Crippen LogP contribution in [0.2, 0.25) is 0 Å². The standard InChI is InChI=1S/C25H32BrN3O4S/c26-17-14-25-19(18(20(17)34-25)22(31)27-15-8-3-1-4-9-15)24(33)29(12-7-13-30)21(25)23(32)28-16-10-5-2-6-11-16/h1,3-4,8-9,16-21,30H,2,5-7,10-14H2,(H,27,31)(H,28,32)/t17?,18-,19+,20-,21?,25?/m1/s1. The lowest BCUT2D eigenvalue weighted by Crippen LogP contribution is -2.56. The fourth-order valence-electron chi connectivity index (χ4n) is 6.49. The van der Waals surface area contributed by atoms with Crippen LogP contribution in [0.3, 0.4) is 0 Å². The monoisotopic (exact) mass is 549 g/mol. The van der Waals surface area contributed by atoms with E-state index in [2.05, 4.69) is 26.6 Å². The molecule has 3 unspecified atom stereocenters. The van der Waals surface area contributed by atoms with Crippen LogP contribution in [0, 0.1) is 11.8 Å². The smallest absolute Gasteiger partial charge is 0.244 e. The van der Waals surface area contributed by atoms with Crippen molar-refractivity contribution in [2.75, 3.05) is 18.5 Å². The summed E-state index contributed by atoms with van der Waals surface area (Å²) in [6, 6.07) is 8.82. The maximum absolute atomic E-state index is 13.8. The summed E-state index contributed by atoms with van der Waals surface area (Å²) in [5, 5.41) is 15.7. The van der Waals surface area contributed by atoms with E-state index in [1.165, 1.54) is 6.42 Å². The average molecular weight is 551 g/mol. The lowest BCUT2D eigenvalue weighted by molar-refractivity contribution is -0.139. The van der Waals surface area contributed by atoms with Crippen LogP contribution in [0.1, 0.15) is 44.9 Å². The molecule has 1 spiro atoms. The SMILES string of the molecule is O=C(NC1CCCCC1)C1N(CCCO)C(=O)[C@@H]2[C@@H](C(=O)Nc3ccccc3)[C@@H]3SC12CC3Br. The highest BCUT2D eigenvalue weighted by molar-refractivity contribution is 9.09. The molecule has 4 fully saturated rings. The van der Waals surface area contributed by atoms with Crippen LogP contribution in [-0.4, -0.2) is 67.8 Å². The minimum absolute atomic E-state index is 0.0484. The van der Waals surface area contributed by atoms with Crippen molar-refractivity contribution in [3.63, 3.8) is 0 Å². The number of hydrogen-bond donors (Lipinski definition) is 3. The van der Waals surface area contributed by atoms with E-state index >= 15 is 0 Å². The van der Waals surface area contributed by atoms with E-state index in [1.54, 1.807) is 16.7 Å². The van der Waals surface area contributed by atoms with Crippen molar-refractivity contribution in [2.24, 2.45) is 11.8 Å². The first kappa shape index (κ1) is 24.1. The Morgan fingerprint density at radius 1 is 1.15 bits per heavy atom. The summed E-state index contributed by atoms with van der Waals surface area (Å²) < 4.78 is -0.636. The van der Waals surface area contributed by atoms with Gasteiger partial charge in [0.2, 0.25) is 17.7 Å². The number of para-hydroxylation sites is 1. The number of rotatable bonds is 7. The predicted octanol–water partition coefficient (Wildman–Crippen LogP) is 2.92. The first-order chi connectivity index (χ1) is 16.5. The number of nitrogens with one attached hydrogen (secondary N) is 2. The number of thioether (sulfide) groups is 1. The van der Waals surface area contributed by atoms with E-state index < -0.39 is 22.6 Å². The number of fused-ring (bicyclic) bond motifs is 1. The van der Waals surface area contributed by atoms with Gasteiger partial charge in [0.15, 0.2) is 0 Å². The number of hydrogen-bond acceptors (Lipinski definition) is 5. The normalized spacial score (nSPS) is 34.8. The van der Waals surface area contributed by atoms with Crippen molar-refractivity contribution < 1.29 is 19.5 Å². The Morgan fingerprint density at radius 2 is 1.88 bits per heavy atom. The Bertz CT molecular complexity index is 943. The van der Waals surface area contributed by atoms with Gasteiger partial charge >= 0.3 is 0 Å². The molecule has 6 atom stereocenters. The van der Waals surface area contributed by atoms with Crippen LogP contribution in [0.15, 0.2) is 30.3 Å². The number of carbonyl (C=O) groups is 3. The second-order valence-corrected chi connectivity index (χ2v) is 12.7. The van der Waals surface area contributed by atoms with E-state index in [0.717, 1.165) is 25.7 Å². The molecule has 1 aromatic rings. The zero-order chi connectivity index (χ0) is 23.9. The lowest BCUT2D eigenvalue weighted by atomic mass is 9.70. The molecule has 1 aliphatic carbocycles. The summed E-state index contributed by atoms with van der Waals surface area (Å²) in [5.74, 6) is -1.44. The second kappa shape index (κ2) is 9.82. The zero-order valence-electron chi connectivity index (χ0n) is 19.1. The highest BCUT2D eigenvalue weighted by Gasteiger charge is 2.75. The Hall–Kier alpha value is -1.58. The van der Waals surface area contributed by atoms with Crippen LogP contribution in [0.25, 0.3) is 0 Å². The van der Waals surface area contributed by atoms with Gasteiger partial charge in [-0.25, -0.2) is 0 Å². The van der Waals surface area contributed by atoms with E-state index in [4.69, 9.17) is 0 Å². The third-order valence-electron chi connectivity index (χ3n) is 7.89. The van der Waals surface area contributed by atoms with Crippen molar-refractivity contribution >= 4 is 51.1 Å². The summed E-state index contributed by atoms with van der Waals surface area (Å²) in [6.45, 7) is 0.273. The van der Waals surface area contributed by atoms with Gasteiger partial charge in [-0.05, 0) is 37.8 Å². The van der Waals surface area contributed by atoms with Crippen LogP contribution >= 0.6 is 27.7 Å². The molecule has 3 heterocycles. The van der Waals surface area contributed by atoms with Crippen LogP contribution in [-0.2, 0) is 14.4 Å². The summed E-state index contributed by atoms with van der Waals surface area (Å²) in [7, 11) is 0. The van der Waals surface area contributed by atoms with Crippen molar-refractivity contribution in [2.45, 2.75) is 71.9 Å². The van der Waals surface area contributed by atoms with Crippen molar-refractivity contribution in [1.82, 2.24) is 10.2 Å². The van der Waals surface area contributed by atoms with Crippen molar-refractivity contribution in [3.05, 3.63) is 30.3 Å². The molecule has 3 saturated heterocycles. The highest BCUT2D eigenvalue weighted by Crippen LogP contribution is 2.67. The summed E-state index contributed by atoms with van der Waals surface area (Å²) in [5.41, 5.74) is 0.703. The van der Waals surface area contributed by atoms with E-state index in [-0.39, 0.29) is 40.4 Å². The molecule has 1 saturated carbocycles. The van der Waals surface area contributed by atoms with Crippen molar-refractivity contribution in [1.29, 1.82) is 0 Å². The largest absolute Gasteiger partial charge is 0.396 e. The number of benzene rings is 1. The molecule has 4 aliphatic rings. The van der Waals surface area contributed by atoms with Gasteiger partial charge in [0, 0.05) is 35.0 Å². The van der Waals surface area contributed by atoms with Gasteiger partial charge in [-0.2, -0.15) is 0 Å². The van der Waals surface area contributed by atoms with E-state index in [0.29, 0.717) is 25.1 Å². The molecule has 9 heteroatoms. The van der Waals surface area contributed by atoms with Gasteiger partial charge < -0.3 is 20.6 Å². The fourth-order valence-corrected chi connectivity index (χ4v) is 10.1. The summed E-state index contributed by atoms with van der Waals surface area (Å²) in [4.78, 5) is 42.8. The third kappa shape index (κ3) is 4.07. The Balaban J connectivity index is 1.45. The predicted molar refractivity (Wildman–Crippen MR) is 136 cm³/mol. The molecular weight excluding hydrogens is 518 g/mol. The molecule has 184 valence electrons. The number of carbonyl (C=O) groups excluding carboxylic acids is 3. The fraction of sp³-hybridized carbons (Fsp3) is 0.640. The van der Waals surface area contributed by atoms with Crippen molar-refractivity contribution in [3.8, 4) is 0 Å². The quantitative estimate of drug-likeness (QED) is 0.454. The number of likely N-dealkylation sites (tertiary alicyclic amines) is 1. The molecule has 0 radical (unpaired) electrons. The lowest BCUT2D eigenvalue weighted by Gasteiger charge is -2.36. The van der Waals surface area contributed by atoms with Crippen LogP contribution in [0.4, 0.5) is 5.69 Å². The van der Waals surface area contributed by atoms with E-state index in [9.17, 15) is 19.5 Å². The summed E-state index contributed by atoms with van der Waals surface area (Å²) in [6.07, 6.45) is 6.44. The maximum Gasteiger partial charge on any atom is 0.244 e. The Morgan fingerprint density at radius 3 is 2.59 bits per heavy atom. The highest BCUT2D eigenvalue weighted by atomic mass is 79.9. The number of amides is 3. The van der Waals surface area contributed by atoms with Gasteiger partial charge in [-0.15, -0.1) is 11.8 Å². The second-order valence-electron chi connectivity index (χ2n) is 9.97. The van der Waals surface area contributed by atoms with Gasteiger partial charge in [0.25, 0.3) is 0 Å². The molecule has 2 bridgehead atoms. The molecule has 7 nitrogen and oxygen atoms in total. The third-order valence-corrected chi connectivity index (χ3v) is 11.1. The topological polar surface area (TPSA) is 98.7 Å². The first-order valence-electron chi connectivity index (χ1n) is 12.4. The molecule has 3 amide bonds. The molecule has 3 aliphatic heterocycles. The van der Waals surface area contributed by atoms with Gasteiger partial charge in [0.05, 0.1) is 16.6 Å². The molecule has 34 heavy (non-hydrogen) atoms. The molecule has 1 aromatic carbocycles. The number of alkyl halides is 1. The molecule has 3 N–H and O–H groups in total. The minimum Gasteiger partial charge on any atom is -0.396 e. The number of nitrogens with zero attached hydrogens (tertiary/aromatic N) is 1. The number of halogens is 1. The first-order valence-corrected chi connectivity index (χ1v) is 14.2. The Labute approximate surface area is 212 Å². The minimum atomic E-state index is -0.636. The van der Waals surface area contributed by atoms with Gasteiger partial charge in [0.1, 0.15) is 6.04 Å². The molecular formula is C25H32BrN3O4S. The van der Waals surface area contributed by atoms with Gasteiger partial charge in [-0.3, -0.25) is 14.4 Å². The number of anilines is 1. The molecule has 0 aromatic heterocycles. The van der Waals surface area contributed by atoms with Crippen LogP contribution < -0.4 is 10.6 Å². The molecule has 5 rings (SSSR count). The maximum atomic E-state index is 13.8. The summed E-state index contributed by atoms with van der Waals surface area (Å²) >= 11 is 5.44. The zero-order valence-corrected chi connectivity index (χ0v) is 21.5. The van der Waals surface area contributed by atoms with E-state index in [1.807, 2.05) is 30.3 Å². The van der Waals surface area contributed by atoms with Gasteiger partial charge in [-0.1, -0.05) is 53.4 Å². The number of aliphatic hydroxyl groups excluding tert-OH is 1. The number of aliphatic hydroxyl groups is 1. The Kier molecular flexibility index (Phi) is 6.97.